The van der Waals surface area contributed by atoms with Crippen LogP contribution in [0.25, 0.3) is 5.57 Å². The Morgan fingerprint density at radius 2 is 1.79 bits per heavy atom. The number of hydrogen-bond acceptors (Lipinski definition) is 6. The van der Waals surface area contributed by atoms with Crippen LogP contribution in [0.4, 0.5) is 5.69 Å². The molecule has 7 nitrogen and oxygen atoms in total. The quantitative estimate of drug-likeness (QED) is 0.371. The van der Waals surface area contributed by atoms with Gasteiger partial charge in [0.05, 0.1) is 17.6 Å². The monoisotopic (exact) mass is 522 g/mol. The van der Waals surface area contributed by atoms with Gasteiger partial charge >= 0.3 is 0 Å². The molecule has 0 bridgehead atoms. The van der Waals surface area contributed by atoms with E-state index < -0.39 is 18.2 Å². The summed E-state index contributed by atoms with van der Waals surface area (Å²) in [6, 6.07) is 11.4. The minimum atomic E-state index is -1.21. The fraction of sp³-hybridized carbons (Fsp3) is 0.375. The normalized spacial score (nSPS) is 22.4. The molecule has 39 heavy (non-hydrogen) atoms. The van der Waals surface area contributed by atoms with Gasteiger partial charge in [-0.05, 0) is 42.5 Å². The highest BCUT2D eigenvalue weighted by molar-refractivity contribution is 5.98. The molecular weight excluding hydrogens is 492 g/mol. The third kappa shape index (κ3) is 3.36. The molecule has 8 rings (SSSR count). The number of benzene rings is 3. The van der Waals surface area contributed by atoms with Gasteiger partial charge in [-0.1, -0.05) is 24.3 Å². The lowest BCUT2D eigenvalue weighted by molar-refractivity contribution is -0.255. The van der Waals surface area contributed by atoms with Gasteiger partial charge < -0.3 is 29.8 Å². The lowest BCUT2D eigenvalue weighted by Crippen LogP contribution is -2.50. The molecular formula is C32H30N2O5. The molecule has 198 valence electrons. The lowest BCUT2D eigenvalue weighted by Gasteiger charge is -2.41. The second-order valence-corrected chi connectivity index (χ2v) is 11.6. The molecule has 0 aliphatic carbocycles. The van der Waals surface area contributed by atoms with E-state index in [0.29, 0.717) is 43.0 Å². The molecule has 5 aliphatic rings. The largest absolute Gasteiger partial charge is 0.545 e. The number of aliphatic hydroxyl groups excluding tert-OH is 2. The van der Waals surface area contributed by atoms with Crippen molar-refractivity contribution in [3.05, 3.63) is 85.9 Å². The molecule has 0 unspecified atom stereocenters. The van der Waals surface area contributed by atoms with Gasteiger partial charge in [0.15, 0.2) is 6.54 Å². The van der Waals surface area contributed by atoms with E-state index in [9.17, 15) is 20.1 Å². The van der Waals surface area contributed by atoms with Crippen molar-refractivity contribution in [1.82, 2.24) is 4.58 Å². The van der Waals surface area contributed by atoms with E-state index in [0.717, 1.165) is 77.3 Å². The molecule has 0 aromatic heterocycles. The number of carbonyl (C=O) groups is 1. The summed E-state index contributed by atoms with van der Waals surface area (Å²) < 4.78 is 9.18. The molecule has 3 aromatic rings. The van der Waals surface area contributed by atoms with Crippen molar-refractivity contribution in [2.75, 3.05) is 31.1 Å². The van der Waals surface area contributed by atoms with E-state index in [2.05, 4.69) is 21.6 Å². The second-order valence-electron chi connectivity index (χ2n) is 11.6. The molecule has 2 N–H and O–H groups in total. The number of ether oxygens (including phenoxy) is 1. The first-order chi connectivity index (χ1) is 19.0. The number of carbonyl (C=O) groups excluding carboxylic acids is 1. The number of nitrogens with zero attached hydrogens (tertiary/aromatic N) is 2. The molecule has 0 radical (unpaired) electrons. The standard InChI is InChI=1S/C32H30N2O5/c35-19-13-25-28-17(5-3-9-33(28)15-19)11-23-27(21-7-1-2-8-22(21)32(37)38)24-12-18-6-4-10-34-16-20(36)14-26(29(18)34)31(24)39-30(23)25/h1-2,7-8,11-12,19-20,35-36H,3-6,9-10,13-16H2/t19-,20-/m1/s1. The summed E-state index contributed by atoms with van der Waals surface area (Å²) in [7, 11) is 0. The van der Waals surface area contributed by atoms with Gasteiger partial charge in [0, 0.05) is 71.1 Å². The van der Waals surface area contributed by atoms with Crippen molar-refractivity contribution in [3.8, 4) is 11.5 Å². The maximum atomic E-state index is 12.4. The van der Waals surface area contributed by atoms with E-state index in [-0.39, 0.29) is 5.56 Å². The van der Waals surface area contributed by atoms with Gasteiger partial charge in [-0.3, -0.25) is 0 Å². The topological polar surface area (TPSA) is 96.1 Å². The molecule has 5 heterocycles. The maximum absolute atomic E-state index is 12.4. The Morgan fingerprint density at radius 3 is 2.67 bits per heavy atom. The van der Waals surface area contributed by atoms with Gasteiger partial charge in [-0.25, -0.2) is 4.58 Å². The molecule has 2 atom stereocenters. The summed E-state index contributed by atoms with van der Waals surface area (Å²) >= 11 is 0. The third-order valence-electron chi connectivity index (χ3n) is 9.14. The molecule has 0 saturated carbocycles. The summed E-state index contributed by atoms with van der Waals surface area (Å²) in [5.74, 6) is 0.192. The second kappa shape index (κ2) is 8.41. The average molecular weight is 523 g/mol. The summed E-state index contributed by atoms with van der Waals surface area (Å²) in [5, 5.41) is 36.1. The van der Waals surface area contributed by atoms with Gasteiger partial charge in [0.2, 0.25) is 5.36 Å². The number of carboxylic acid groups (broad SMARTS) is 1. The van der Waals surface area contributed by atoms with E-state index in [1.54, 1.807) is 12.1 Å². The van der Waals surface area contributed by atoms with E-state index in [4.69, 9.17) is 4.74 Å². The van der Waals surface area contributed by atoms with Crippen LogP contribution in [0.15, 0.2) is 36.4 Å². The Kier molecular flexibility index (Phi) is 5.01. The molecule has 0 amide bonds. The predicted molar refractivity (Wildman–Crippen MR) is 144 cm³/mol. The molecule has 0 saturated heterocycles. The fourth-order valence-electron chi connectivity index (χ4n) is 7.73. The first-order valence-corrected chi connectivity index (χ1v) is 14.1. The van der Waals surface area contributed by atoms with Crippen molar-refractivity contribution >= 4 is 17.2 Å². The number of aryl methyl sites for hydroxylation is 2. The molecule has 5 aliphatic heterocycles. The predicted octanol–water partition coefficient (Wildman–Crippen LogP) is 0.427. The zero-order valence-corrected chi connectivity index (χ0v) is 21.7. The lowest BCUT2D eigenvalue weighted by atomic mass is 9.81. The highest BCUT2D eigenvalue weighted by Crippen LogP contribution is 2.48. The number of rotatable bonds is 2. The number of fused-ring (bicyclic) bond motifs is 4. The minimum Gasteiger partial charge on any atom is -0.545 e. The zero-order valence-electron chi connectivity index (χ0n) is 21.7. The van der Waals surface area contributed by atoms with Crippen molar-refractivity contribution in [1.29, 1.82) is 0 Å². The highest BCUT2D eigenvalue weighted by atomic mass is 16.5. The average Bonchev–Trinajstić information content (AvgIpc) is 2.92. The molecule has 0 spiro atoms. The molecule has 3 aromatic carbocycles. The number of carboxylic acids is 1. The fourth-order valence-corrected chi connectivity index (χ4v) is 7.73. The highest BCUT2D eigenvalue weighted by Gasteiger charge is 2.38. The Morgan fingerprint density at radius 1 is 0.974 bits per heavy atom. The first kappa shape index (κ1) is 23.2. The van der Waals surface area contributed by atoms with Gasteiger partial charge in [-0.2, -0.15) is 0 Å². The smallest absolute Gasteiger partial charge is 0.210 e. The van der Waals surface area contributed by atoms with Crippen LogP contribution in [0.2, 0.25) is 0 Å². The van der Waals surface area contributed by atoms with E-state index in [1.165, 1.54) is 11.1 Å². The Balaban J connectivity index is 1.54. The van der Waals surface area contributed by atoms with Crippen molar-refractivity contribution < 1.29 is 24.9 Å². The molecule has 7 heteroatoms. The van der Waals surface area contributed by atoms with Gasteiger partial charge in [0.25, 0.3) is 0 Å². The number of aromatic carboxylic acids is 1. The number of anilines is 1. The zero-order chi connectivity index (χ0) is 26.4. The van der Waals surface area contributed by atoms with Crippen molar-refractivity contribution in [2.24, 2.45) is 0 Å². The van der Waals surface area contributed by atoms with Crippen LogP contribution in [0.5, 0.6) is 11.5 Å². The Bertz CT molecular complexity index is 1730. The van der Waals surface area contributed by atoms with Crippen molar-refractivity contribution in [2.45, 2.75) is 50.7 Å². The SMILES string of the molecule is O=C([O-])c1ccccc1C1=c2cc3c4c(c2Oc2c1cc1c5c2C[C@@H](O)CN5CCC1)C[C@@H](O)C[N+]=4CCC3. The van der Waals surface area contributed by atoms with Gasteiger partial charge in [0.1, 0.15) is 24.1 Å². The van der Waals surface area contributed by atoms with Crippen LogP contribution < -0.4 is 29.9 Å². The minimum absolute atomic E-state index is 0.146. The first-order valence-electron chi connectivity index (χ1n) is 14.1. The van der Waals surface area contributed by atoms with Crippen LogP contribution in [0.3, 0.4) is 0 Å². The number of hydrogen-bond donors (Lipinski definition) is 2. The maximum Gasteiger partial charge on any atom is 0.210 e. The van der Waals surface area contributed by atoms with Gasteiger partial charge in [-0.15, -0.1) is 0 Å². The van der Waals surface area contributed by atoms with E-state index in [1.807, 2.05) is 12.1 Å². The van der Waals surface area contributed by atoms with Crippen LogP contribution in [0.1, 0.15) is 56.6 Å². The van der Waals surface area contributed by atoms with Crippen LogP contribution in [-0.4, -0.2) is 54.6 Å². The number of aliphatic hydroxyl groups is 2. The van der Waals surface area contributed by atoms with Crippen LogP contribution in [-0.2, 0) is 25.7 Å². The van der Waals surface area contributed by atoms with Crippen LogP contribution in [0, 0.1) is 0 Å². The summed E-state index contributed by atoms with van der Waals surface area (Å²) in [6.45, 7) is 3.02. The third-order valence-corrected chi connectivity index (χ3v) is 9.14. The van der Waals surface area contributed by atoms with E-state index >= 15 is 0 Å². The van der Waals surface area contributed by atoms with Crippen molar-refractivity contribution in [3.63, 3.8) is 0 Å². The Labute approximate surface area is 225 Å². The molecule has 0 fully saturated rings. The summed E-state index contributed by atoms with van der Waals surface area (Å²) in [6.07, 6.45) is 3.85. The van der Waals surface area contributed by atoms with Crippen LogP contribution >= 0.6 is 0 Å². The summed E-state index contributed by atoms with van der Waals surface area (Å²) in [5.41, 5.74) is 8.05. The summed E-state index contributed by atoms with van der Waals surface area (Å²) in [4.78, 5) is 14.6. The Hall–Kier alpha value is -3.68.